The maximum Gasteiger partial charge on any atom is 0.329 e. The molecular formula is C19H30N2O10. The van der Waals surface area contributed by atoms with E-state index in [1.165, 1.54) is 12.2 Å². The Hall–Kier alpha value is -2.38. The van der Waals surface area contributed by atoms with Crippen molar-refractivity contribution in [3.8, 4) is 0 Å². The van der Waals surface area contributed by atoms with Crippen LogP contribution in [0.5, 0.6) is 0 Å². The third kappa shape index (κ3) is 14.3. The number of nitrogens with zero attached hydrogens (tertiary/aromatic N) is 1. The number of aliphatic carboxylic acids is 1. The lowest BCUT2D eigenvalue weighted by Crippen LogP contribution is -2.35. The minimum Gasteiger partial charge on any atom is -0.480 e. The molecule has 31 heavy (non-hydrogen) atoms. The molecule has 0 aromatic heterocycles. The van der Waals surface area contributed by atoms with E-state index in [-0.39, 0.29) is 32.1 Å². The first-order valence-electron chi connectivity index (χ1n) is 9.91. The molecule has 1 aliphatic rings. The van der Waals surface area contributed by atoms with Crippen molar-refractivity contribution in [1.82, 2.24) is 10.2 Å². The second-order valence-electron chi connectivity index (χ2n) is 6.16. The van der Waals surface area contributed by atoms with E-state index in [0.717, 1.165) is 4.90 Å². The first-order chi connectivity index (χ1) is 15.0. The monoisotopic (exact) mass is 446 g/mol. The number of ether oxygens (including phenoxy) is 5. The summed E-state index contributed by atoms with van der Waals surface area (Å²) in [7, 11) is 0. The van der Waals surface area contributed by atoms with Gasteiger partial charge in [0.25, 0.3) is 11.8 Å². The summed E-state index contributed by atoms with van der Waals surface area (Å²) in [5.74, 6) is -2.08. The maximum atomic E-state index is 11.7. The Kier molecular flexibility index (Phi) is 14.9. The standard InChI is InChI=1S/C19H30N2O10/c22-16(3-5-21-17(23)1-2-18(21)24)20-4-6-27-7-8-28-9-10-29-11-12-30-13-14-31-15-19(25)26/h1-2H,3-15H2,(H,20,22)(H,25,26). The Morgan fingerprint density at radius 2 is 1.23 bits per heavy atom. The van der Waals surface area contributed by atoms with E-state index in [1.807, 2.05) is 0 Å². The van der Waals surface area contributed by atoms with Gasteiger partial charge in [-0.25, -0.2) is 4.79 Å². The van der Waals surface area contributed by atoms with Gasteiger partial charge in [-0.05, 0) is 0 Å². The normalized spacial score (nSPS) is 13.2. The number of nitrogens with one attached hydrogen (secondary N) is 1. The van der Waals surface area contributed by atoms with Gasteiger partial charge in [-0.3, -0.25) is 19.3 Å². The van der Waals surface area contributed by atoms with E-state index < -0.39 is 17.8 Å². The van der Waals surface area contributed by atoms with Gasteiger partial charge in [0.05, 0.1) is 59.5 Å². The van der Waals surface area contributed by atoms with Crippen LogP contribution < -0.4 is 5.32 Å². The first-order valence-corrected chi connectivity index (χ1v) is 9.91. The lowest BCUT2D eigenvalue weighted by molar-refractivity contribution is -0.143. The maximum absolute atomic E-state index is 11.7. The van der Waals surface area contributed by atoms with Crippen molar-refractivity contribution >= 4 is 23.7 Å². The smallest absolute Gasteiger partial charge is 0.329 e. The summed E-state index contributed by atoms with van der Waals surface area (Å²) >= 11 is 0. The Morgan fingerprint density at radius 1 is 0.774 bits per heavy atom. The molecule has 0 spiro atoms. The highest BCUT2D eigenvalue weighted by molar-refractivity contribution is 6.13. The number of carboxylic acid groups (broad SMARTS) is 1. The van der Waals surface area contributed by atoms with Crippen molar-refractivity contribution in [1.29, 1.82) is 0 Å². The highest BCUT2D eigenvalue weighted by Gasteiger charge is 2.23. The summed E-state index contributed by atoms with van der Waals surface area (Å²) in [5, 5.41) is 11.0. The SMILES string of the molecule is O=C(O)COCCOCCOCCOCCOCCNC(=O)CCN1C(=O)C=CC1=O. The third-order valence-corrected chi connectivity index (χ3v) is 3.75. The van der Waals surface area contributed by atoms with Gasteiger partial charge in [-0.2, -0.15) is 0 Å². The highest BCUT2D eigenvalue weighted by atomic mass is 16.6. The van der Waals surface area contributed by atoms with Crippen LogP contribution in [0.4, 0.5) is 0 Å². The molecule has 1 heterocycles. The topological polar surface area (TPSA) is 150 Å². The molecule has 3 amide bonds. The molecule has 0 saturated carbocycles. The molecule has 2 N–H and O–H groups in total. The van der Waals surface area contributed by atoms with Crippen LogP contribution in [-0.4, -0.2) is 113 Å². The number of rotatable bonds is 20. The van der Waals surface area contributed by atoms with Crippen molar-refractivity contribution in [2.75, 3.05) is 79.2 Å². The predicted molar refractivity (Wildman–Crippen MR) is 105 cm³/mol. The average molecular weight is 446 g/mol. The van der Waals surface area contributed by atoms with Crippen LogP contribution in [0.25, 0.3) is 0 Å². The summed E-state index contributed by atoms with van der Waals surface area (Å²) < 4.78 is 26.0. The molecule has 176 valence electrons. The number of carboxylic acids is 1. The van der Waals surface area contributed by atoms with Gasteiger partial charge in [0, 0.05) is 31.7 Å². The minimum atomic E-state index is -1.01. The van der Waals surface area contributed by atoms with Crippen molar-refractivity contribution < 1.29 is 48.0 Å². The molecule has 0 atom stereocenters. The highest BCUT2D eigenvalue weighted by Crippen LogP contribution is 2.03. The zero-order chi connectivity index (χ0) is 22.7. The summed E-state index contributed by atoms with van der Waals surface area (Å²) in [6.45, 7) is 3.25. The van der Waals surface area contributed by atoms with Crippen LogP contribution in [0.2, 0.25) is 0 Å². The summed E-state index contributed by atoms with van der Waals surface area (Å²) in [5.41, 5.74) is 0. The van der Waals surface area contributed by atoms with Crippen LogP contribution in [-0.2, 0) is 42.9 Å². The fraction of sp³-hybridized carbons (Fsp3) is 0.684. The van der Waals surface area contributed by atoms with Gasteiger partial charge < -0.3 is 34.1 Å². The van der Waals surface area contributed by atoms with E-state index in [9.17, 15) is 19.2 Å². The second kappa shape index (κ2) is 17.3. The molecule has 12 nitrogen and oxygen atoms in total. The van der Waals surface area contributed by atoms with E-state index in [4.69, 9.17) is 28.8 Å². The number of imide groups is 1. The lowest BCUT2D eigenvalue weighted by atomic mass is 10.3. The van der Waals surface area contributed by atoms with Crippen molar-refractivity contribution in [3.05, 3.63) is 12.2 Å². The molecule has 0 saturated heterocycles. The molecular weight excluding hydrogens is 416 g/mol. The minimum absolute atomic E-state index is 0.0474. The Balaban J connectivity index is 1.77. The number of carbonyl (C=O) groups is 4. The number of amides is 3. The number of carbonyl (C=O) groups excluding carboxylic acids is 3. The van der Waals surface area contributed by atoms with E-state index in [0.29, 0.717) is 59.4 Å². The molecule has 0 radical (unpaired) electrons. The largest absolute Gasteiger partial charge is 0.480 e. The quantitative estimate of drug-likeness (QED) is 0.169. The Labute approximate surface area is 180 Å². The molecule has 0 aromatic carbocycles. The Bertz CT molecular complexity index is 578. The predicted octanol–water partition coefficient (Wildman–Crippen LogP) is -1.41. The molecule has 0 aromatic rings. The summed E-state index contributed by atoms with van der Waals surface area (Å²) in [6.07, 6.45) is 2.41. The molecule has 1 aliphatic heterocycles. The zero-order valence-electron chi connectivity index (χ0n) is 17.4. The van der Waals surface area contributed by atoms with Crippen LogP contribution in [0.3, 0.4) is 0 Å². The lowest BCUT2D eigenvalue weighted by Gasteiger charge is -2.13. The Morgan fingerprint density at radius 3 is 1.71 bits per heavy atom. The number of hydrogen-bond donors (Lipinski definition) is 2. The van der Waals surface area contributed by atoms with Crippen LogP contribution in [0, 0.1) is 0 Å². The van der Waals surface area contributed by atoms with Crippen LogP contribution in [0.1, 0.15) is 6.42 Å². The van der Waals surface area contributed by atoms with Gasteiger partial charge in [-0.1, -0.05) is 0 Å². The zero-order valence-corrected chi connectivity index (χ0v) is 17.4. The fourth-order valence-electron chi connectivity index (χ4n) is 2.26. The molecule has 1 rings (SSSR count). The molecule has 0 unspecified atom stereocenters. The van der Waals surface area contributed by atoms with Crippen LogP contribution in [0.15, 0.2) is 12.2 Å². The van der Waals surface area contributed by atoms with Gasteiger partial charge in [0.1, 0.15) is 6.61 Å². The molecule has 0 fully saturated rings. The average Bonchev–Trinajstić information content (AvgIpc) is 3.06. The van der Waals surface area contributed by atoms with Gasteiger partial charge in [-0.15, -0.1) is 0 Å². The van der Waals surface area contributed by atoms with Crippen LogP contribution >= 0.6 is 0 Å². The first kappa shape index (κ1) is 26.7. The molecule has 0 bridgehead atoms. The molecule has 12 heteroatoms. The van der Waals surface area contributed by atoms with Crippen molar-refractivity contribution in [2.45, 2.75) is 6.42 Å². The second-order valence-corrected chi connectivity index (χ2v) is 6.16. The third-order valence-electron chi connectivity index (χ3n) is 3.75. The van der Waals surface area contributed by atoms with E-state index >= 15 is 0 Å². The fourth-order valence-corrected chi connectivity index (χ4v) is 2.26. The summed E-state index contributed by atoms with van der Waals surface area (Å²) in [4.78, 5) is 45.6. The van der Waals surface area contributed by atoms with Gasteiger partial charge >= 0.3 is 5.97 Å². The van der Waals surface area contributed by atoms with E-state index in [2.05, 4.69) is 5.32 Å². The van der Waals surface area contributed by atoms with Crippen molar-refractivity contribution in [2.24, 2.45) is 0 Å². The number of hydrogen-bond acceptors (Lipinski definition) is 9. The molecule has 0 aliphatic carbocycles. The van der Waals surface area contributed by atoms with Gasteiger partial charge in [0.2, 0.25) is 5.91 Å². The van der Waals surface area contributed by atoms with Gasteiger partial charge in [0.15, 0.2) is 0 Å². The summed E-state index contributed by atoms with van der Waals surface area (Å²) in [6, 6.07) is 0. The van der Waals surface area contributed by atoms with E-state index in [1.54, 1.807) is 0 Å². The van der Waals surface area contributed by atoms with Crippen molar-refractivity contribution in [3.63, 3.8) is 0 Å².